The van der Waals surface area contributed by atoms with Gasteiger partial charge >= 0.3 is 0 Å². The van der Waals surface area contributed by atoms with Crippen molar-refractivity contribution in [2.45, 2.75) is 32.2 Å². The highest BCUT2D eigenvalue weighted by Gasteiger charge is 2.24. The van der Waals surface area contributed by atoms with Crippen molar-refractivity contribution in [3.63, 3.8) is 0 Å². The second-order valence-electron chi connectivity index (χ2n) is 6.36. The van der Waals surface area contributed by atoms with Gasteiger partial charge in [-0.2, -0.15) is 0 Å². The number of rotatable bonds is 4. The van der Waals surface area contributed by atoms with Crippen LogP contribution in [-0.2, 0) is 20.9 Å². The largest absolute Gasteiger partial charge is 0.353 e. The summed E-state index contributed by atoms with van der Waals surface area (Å²) in [6.07, 6.45) is 6.24. The summed E-state index contributed by atoms with van der Waals surface area (Å²) in [5.74, 6) is -0.134. The number of carbonyl (C=O) groups is 1. The summed E-state index contributed by atoms with van der Waals surface area (Å²) in [6.45, 7) is 1.06. The lowest BCUT2D eigenvalue weighted by Gasteiger charge is -2.23. The van der Waals surface area contributed by atoms with Crippen LogP contribution in [0.4, 0.5) is 5.69 Å². The Morgan fingerprint density at radius 3 is 3.08 bits per heavy atom. The molecule has 5 nitrogen and oxygen atoms in total. The Hall–Kier alpha value is -2.21. The molecule has 1 aromatic carbocycles. The summed E-state index contributed by atoms with van der Waals surface area (Å²) in [7, 11) is 0. The average Bonchev–Trinajstić information content (AvgIpc) is 2.98. The average molecular weight is 371 g/mol. The van der Waals surface area contributed by atoms with Crippen LogP contribution in [-0.4, -0.2) is 23.8 Å². The monoisotopic (exact) mass is 370 g/mol. The maximum absolute atomic E-state index is 12.3. The van der Waals surface area contributed by atoms with Crippen molar-refractivity contribution in [2.24, 2.45) is 0 Å². The third kappa shape index (κ3) is 3.65. The van der Waals surface area contributed by atoms with Crippen LogP contribution in [0, 0.1) is 0 Å². The van der Waals surface area contributed by atoms with Gasteiger partial charge in [0.2, 0.25) is 0 Å². The van der Waals surface area contributed by atoms with E-state index in [0.717, 1.165) is 42.7 Å². The number of nitrogens with one attached hydrogen (secondary N) is 1. The number of ether oxygens (including phenoxy) is 2. The van der Waals surface area contributed by atoms with E-state index in [1.54, 1.807) is 12.3 Å². The Morgan fingerprint density at radius 1 is 1.35 bits per heavy atom. The third-order valence-corrected chi connectivity index (χ3v) is 4.73. The minimum Gasteiger partial charge on any atom is -0.353 e. The summed E-state index contributed by atoms with van der Waals surface area (Å²) in [6, 6.07) is 9.43. The summed E-state index contributed by atoms with van der Waals surface area (Å²) in [5.41, 5.74) is 3.77. The molecule has 6 heteroatoms. The van der Waals surface area contributed by atoms with Crippen LogP contribution in [0.5, 0.6) is 0 Å². The van der Waals surface area contributed by atoms with E-state index in [-0.39, 0.29) is 12.2 Å². The predicted octanol–water partition coefficient (Wildman–Crippen LogP) is 4.27. The maximum atomic E-state index is 12.3. The summed E-state index contributed by atoms with van der Waals surface area (Å²) < 4.78 is 11.5. The lowest BCUT2D eigenvalue weighted by molar-refractivity contribution is -0.169. The molecule has 0 radical (unpaired) electrons. The van der Waals surface area contributed by atoms with Crippen molar-refractivity contribution < 1.29 is 14.3 Å². The Balaban J connectivity index is 1.61. The van der Waals surface area contributed by atoms with Gasteiger partial charge in [0.1, 0.15) is 0 Å². The molecule has 4 rings (SSSR count). The van der Waals surface area contributed by atoms with Gasteiger partial charge in [0.25, 0.3) is 5.91 Å². The van der Waals surface area contributed by atoms with Gasteiger partial charge in [-0.3, -0.25) is 9.78 Å². The molecule has 1 atom stereocenters. The van der Waals surface area contributed by atoms with Crippen LogP contribution in [0.3, 0.4) is 0 Å². The first kappa shape index (κ1) is 17.2. The SMILES string of the molecule is O=C1Nc2ccccc2C1=Cc1ncc(Cl)cc1COC1CCCCO1. The topological polar surface area (TPSA) is 60.5 Å². The van der Waals surface area contributed by atoms with E-state index in [4.69, 9.17) is 21.1 Å². The van der Waals surface area contributed by atoms with Gasteiger partial charge in [0.05, 0.1) is 22.9 Å². The Labute approximate surface area is 157 Å². The van der Waals surface area contributed by atoms with Crippen LogP contribution < -0.4 is 5.32 Å². The van der Waals surface area contributed by atoms with Crippen molar-refractivity contribution >= 4 is 34.8 Å². The molecule has 1 N–H and O–H groups in total. The van der Waals surface area contributed by atoms with Gasteiger partial charge in [-0.25, -0.2) is 0 Å². The number of nitrogens with zero attached hydrogens (tertiary/aromatic N) is 1. The van der Waals surface area contributed by atoms with Crippen molar-refractivity contribution in [1.82, 2.24) is 4.98 Å². The van der Waals surface area contributed by atoms with Crippen LogP contribution in [0.15, 0.2) is 36.5 Å². The van der Waals surface area contributed by atoms with E-state index in [9.17, 15) is 4.79 Å². The molecule has 0 spiro atoms. The number of hydrogen-bond donors (Lipinski definition) is 1. The number of fused-ring (bicyclic) bond motifs is 1. The predicted molar refractivity (Wildman–Crippen MR) is 101 cm³/mol. The molecule has 0 aliphatic carbocycles. The number of aromatic nitrogens is 1. The summed E-state index contributed by atoms with van der Waals surface area (Å²) in [4.78, 5) is 16.7. The molecule has 134 valence electrons. The van der Waals surface area contributed by atoms with Gasteiger partial charge in [-0.1, -0.05) is 29.8 Å². The standard InChI is InChI=1S/C20H19ClN2O3/c21-14-9-13(12-26-19-7-3-4-8-25-19)18(22-11-14)10-16-15-5-1-2-6-17(15)23-20(16)24/h1-2,5-6,9-11,19H,3-4,7-8,12H2,(H,23,24). The Bertz CT molecular complexity index is 860. The molecule has 2 aliphatic heterocycles. The molecule has 1 aromatic heterocycles. The molecule has 1 unspecified atom stereocenters. The first-order valence-corrected chi connectivity index (χ1v) is 9.08. The number of benzene rings is 1. The maximum Gasteiger partial charge on any atom is 0.256 e. The molecule has 2 aromatic rings. The number of amides is 1. The number of halogens is 1. The highest BCUT2D eigenvalue weighted by molar-refractivity contribution is 6.35. The second kappa shape index (κ2) is 7.58. The molecule has 0 saturated carbocycles. The zero-order valence-electron chi connectivity index (χ0n) is 14.2. The Kier molecular flexibility index (Phi) is 5.02. The number of anilines is 1. The zero-order valence-corrected chi connectivity index (χ0v) is 15.0. The van der Waals surface area contributed by atoms with Crippen molar-refractivity contribution in [1.29, 1.82) is 0 Å². The summed E-state index contributed by atoms with van der Waals surface area (Å²) in [5, 5.41) is 3.40. The van der Waals surface area contributed by atoms with Crippen molar-refractivity contribution in [3.05, 3.63) is 58.4 Å². The van der Waals surface area contributed by atoms with E-state index in [0.29, 0.717) is 22.9 Å². The molecule has 2 aliphatic rings. The van der Waals surface area contributed by atoms with Crippen molar-refractivity contribution in [3.8, 4) is 0 Å². The highest BCUT2D eigenvalue weighted by atomic mass is 35.5. The number of carbonyl (C=O) groups excluding carboxylic acids is 1. The lowest BCUT2D eigenvalue weighted by atomic mass is 10.0. The zero-order chi connectivity index (χ0) is 17.9. The third-order valence-electron chi connectivity index (χ3n) is 4.52. The molecule has 1 amide bonds. The molecule has 3 heterocycles. The summed E-state index contributed by atoms with van der Waals surface area (Å²) >= 11 is 6.12. The van der Waals surface area contributed by atoms with Crippen molar-refractivity contribution in [2.75, 3.05) is 11.9 Å². The van der Waals surface area contributed by atoms with E-state index < -0.39 is 0 Å². The number of para-hydroxylation sites is 1. The van der Waals surface area contributed by atoms with Crippen LogP contribution in [0.1, 0.15) is 36.1 Å². The molecule has 0 bridgehead atoms. The lowest BCUT2D eigenvalue weighted by Crippen LogP contribution is -2.22. The quantitative estimate of drug-likeness (QED) is 0.816. The Morgan fingerprint density at radius 2 is 2.23 bits per heavy atom. The molecule has 1 fully saturated rings. The van der Waals surface area contributed by atoms with E-state index in [2.05, 4.69) is 10.3 Å². The fraction of sp³-hybridized carbons (Fsp3) is 0.300. The minimum atomic E-state index is -0.196. The normalized spacial score (nSPS) is 20.9. The second-order valence-corrected chi connectivity index (χ2v) is 6.80. The van der Waals surface area contributed by atoms with Gasteiger partial charge < -0.3 is 14.8 Å². The van der Waals surface area contributed by atoms with Crippen LogP contribution >= 0.6 is 11.6 Å². The van der Waals surface area contributed by atoms with Crippen LogP contribution in [0.25, 0.3) is 11.6 Å². The van der Waals surface area contributed by atoms with Crippen LogP contribution in [0.2, 0.25) is 5.02 Å². The number of hydrogen-bond acceptors (Lipinski definition) is 4. The first-order chi connectivity index (χ1) is 12.7. The van der Waals surface area contributed by atoms with Gasteiger partial charge in [-0.05, 0) is 37.5 Å². The first-order valence-electron chi connectivity index (χ1n) is 8.71. The molecular formula is C20H19ClN2O3. The van der Waals surface area contributed by atoms with Gasteiger partial charge in [-0.15, -0.1) is 0 Å². The van der Waals surface area contributed by atoms with E-state index in [1.165, 1.54) is 0 Å². The smallest absolute Gasteiger partial charge is 0.256 e. The van der Waals surface area contributed by atoms with Gasteiger partial charge in [0.15, 0.2) is 6.29 Å². The van der Waals surface area contributed by atoms with Gasteiger partial charge in [0, 0.05) is 29.6 Å². The van der Waals surface area contributed by atoms with E-state index in [1.807, 2.05) is 30.3 Å². The molecular weight excluding hydrogens is 352 g/mol. The molecule has 26 heavy (non-hydrogen) atoms. The molecule has 1 saturated heterocycles. The van der Waals surface area contributed by atoms with E-state index >= 15 is 0 Å². The number of pyridine rings is 1. The minimum absolute atomic E-state index is 0.134. The highest BCUT2D eigenvalue weighted by Crippen LogP contribution is 2.33. The fourth-order valence-corrected chi connectivity index (χ4v) is 3.36. The fourth-order valence-electron chi connectivity index (χ4n) is 3.18.